The molecule has 2 N–H and O–H groups in total. The minimum atomic E-state index is -0.258. The molecule has 0 bridgehead atoms. The second kappa shape index (κ2) is 13.5. The zero-order chi connectivity index (χ0) is 34.3. The number of aryl methyl sites for hydroxylation is 3. The molecule has 0 aliphatic carbocycles. The normalized spacial score (nSPS) is 15.5. The quantitative estimate of drug-likeness (QED) is 0.277. The predicted octanol–water partition coefficient (Wildman–Crippen LogP) is 4.35. The molecule has 6 rings (SSSR count). The third-order valence-electron chi connectivity index (χ3n) is 10.1. The lowest BCUT2D eigenvalue weighted by molar-refractivity contribution is -0.136. The molecule has 2 aromatic carbocycles. The van der Waals surface area contributed by atoms with E-state index < -0.39 is 0 Å². The Morgan fingerprint density at radius 2 is 1.71 bits per heavy atom. The maximum absolute atomic E-state index is 14.0. The SMILES string of the molecule is CCC(=O)N1CC(n2c(=O)n(C)c3ccc(-c4cc(C(=O)NCc5c(C)cc(C)[nH]c5=O)c(C)c(N(CC)C5CCOCC5)c4)cc32)C1. The summed E-state index contributed by atoms with van der Waals surface area (Å²) >= 11 is 0. The van der Waals surface area contributed by atoms with Gasteiger partial charge in [-0.3, -0.25) is 23.5 Å². The number of fused-ring (bicyclic) bond motifs is 1. The smallest absolute Gasteiger partial charge is 0.329 e. The second-order valence-corrected chi connectivity index (χ2v) is 13.1. The molecule has 0 saturated carbocycles. The number of carbonyl (C=O) groups excluding carboxylic acids is 2. The third-order valence-corrected chi connectivity index (χ3v) is 10.1. The molecule has 48 heavy (non-hydrogen) atoms. The van der Waals surface area contributed by atoms with Gasteiger partial charge in [0.15, 0.2) is 0 Å². The number of pyridine rings is 1. The summed E-state index contributed by atoms with van der Waals surface area (Å²) in [4.78, 5) is 59.4. The molecule has 2 aliphatic rings. The largest absolute Gasteiger partial charge is 0.381 e. The average Bonchev–Trinajstić information content (AvgIpc) is 3.29. The number of aromatic nitrogens is 3. The number of imidazole rings is 1. The molecule has 2 fully saturated rings. The summed E-state index contributed by atoms with van der Waals surface area (Å²) in [5.41, 5.74) is 7.55. The van der Waals surface area contributed by atoms with E-state index in [9.17, 15) is 19.2 Å². The van der Waals surface area contributed by atoms with Crippen LogP contribution in [0.25, 0.3) is 22.2 Å². The van der Waals surface area contributed by atoms with Gasteiger partial charge in [-0.15, -0.1) is 0 Å². The Hall–Kier alpha value is -4.64. The Morgan fingerprint density at radius 1 is 0.979 bits per heavy atom. The number of nitrogens with one attached hydrogen (secondary N) is 2. The highest BCUT2D eigenvalue weighted by Gasteiger charge is 2.34. The first-order valence-electron chi connectivity index (χ1n) is 17.0. The van der Waals surface area contributed by atoms with Crippen LogP contribution in [-0.4, -0.2) is 69.7 Å². The van der Waals surface area contributed by atoms with E-state index in [2.05, 4.69) is 28.2 Å². The molecule has 2 amide bonds. The summed E-state index contributed by atoms with van der Waals surface area (Å²) in [7, 11) is 1.77. The first kappa shape index (κ1) is 33.3. The van der Waals surface area contributed by atoms with E-state index in [1.165, 1.54) is 0 Å². The van der Waals surface area contributed by atoms with E-state index in [-0.39, 0.29) is 41.7 Å². The van der Waals surface area contributed by atoms with Crippen LogP contribution in [0.1, 0.15) is 71.9 Å². The first-order valence-corrected chi connectivity index (χ1v) is 17.0. The zero-order valence-corrected chi connectivity index (χ0v) is 28.8. The standard InChI is InChI=1S/C37H46N6O5/c1-7-34(44)41-20-28(21-41)43-33-17-25(9-10-31(33)40(6)37(43)47)26-16-29(35(45)38-19-30-22(3)15-23(4)39-36(30)46)24(5)32(18-26)42(8-2)27-11-13-48-14-12-27/h9-10,15-18,27-28H,7-8,11-14,19-21H2,1-6H3,(H,38,45)(H,39,46). The highest BCUT2D eigenvalue weighted by Crippen LogP contribution is 2.35. The van der Waals surface area contributed by atoms with E-state index in [1.807, 2.05) is 62.6 Å². The predicted molar refractivity (Wildman–Crippen MR) is 188 cm³/mol. The summed E-state index contributed by atoms with van der Waals surface area (Å²) in [5.74, 6) is -0.170. The molecule has 11 heteroatoms. The number of aromatic amines is 1. The number of anilines is 1. The van der Waals surface area contributed by atoms with Crippen LogP contribution in [0.5, 0.6) is 0 Å². The van der Waals surface area contributed by atoms with Crippen LogP contribution >= 0.6 is 0 Å². The number of nitrogens with zero attached hydrogens (tertiary/aromatic N) is 4. The van der Waals surface area contributed by atoms with Crippen LogP contribution in [0.15, 0.2) is 46.0 Å². The number of likely N-dealkylation sites (tertiary alicyclic amines) is 1. The van der Waals surface area contributed by atoms with Gasteiger partial charge in [0.25, 0.3) is 11.5 Å². The average molecular weight is 655 g/mol. The van der Waals surface area contributed by atoms with Gasteiger partial charge in [-0.25, -0.2) is 4.79 Å². The maximum Gasteiger partial charge on any atom is 0.329 e. The molecule has 254 valence electrons. The van der Waals surface area contributed by atoms with Crippen molar-refractivity contribution in [3.8, 4) is 11.1 Å². The van der Waals surface area contributed by atoms with Crippen molar-refractivity contribution in [2.24, 2.45) is 7.05 Å². The zero-order valence-electron chi connectivity index (χ0n) is 28.8. The first-order chi connectivity index (χ1) is 23.0. The third kappa shape index (κ3) is 6.07. The Kier molecular flexibility index (Phi) is 9.33. The number of carbonyl (C=O) groups is 2. The van der Waals surface area contributed by atoms with Gasteiger partial charge in [-0.2, -0.15) is 0 Å². The van der Waals surface area contributed by atoms with Gasteiger partial charge in [0.2, 0.25) is 5.91 Å². The molecule has 0 atom stereocenters. The van der Waals surface area contributed by atoms with Gasteiger partial charge < -0.3 is 24.8 Å². The van der Waals surface area contributed by atoms with Crippen molar-refractivity contribution >= 4 is 28.5 Å². The molecular formula is C37H46N6O5. The number of rotatable bonds is 9. The van der Waals surface area contributed by atoms with Crippen LogP contribution in [0.4, 0.5) is 5.69 Å². The fraction of sp³-hybridized carbons (Fsp3) is 0.459. The molecule has 2 aromatic heterocycles. The fourth-order valence-corrected chi connectivity index (χ4v) is 7.33. The van der Waals surface area contributed by atoms with E-state index in [0.717, 1.165) is 64.1 Å². The molecule has 11 nitrogen and oxygen atoms in total. The topological polar surface area (TPSA) is 122 Å². The lowest BCUT2D eigenvalue weighted by Gasteiger charge is -2.39. The van der Waals surface area contributed by atoms with Crippen molar-refractivity contribution in [1.29, 1.82) is 0 Å². The van der Waals surface area contributed by atoms with E-state index >= 15 is 0 Å². The number of hydrogen-bond donors (Lipinski definition) is 2. The number of amides is 2. The number of benzene rings is 2. The van der Waals surface area contributed by atoms with Crippen molar-refractivity contribution in [3.05, 3.63) is 85.2 Å². The molecule has 0 unspecified atom stereocenters. The minimum absolute atomic E-state index is 0.0883. The Morgan fingerprint density at radius 3 is 2.38 bits per heavy atom. The van der Waals surface area contributed by atoms with Crippen molar-refractivity contribution in [3.63, 3.8) is 0 Å². The van der Waals surface area contributed by atoms with Gasteiger partial charge in [-0.05, 0) is 93.1 Å². The number of H-pyrrole nitrogens is 1. The Balaban J connectivity index is 1.42. The molecule has 2 aliphatic heterocycles. The van der Waals surface area contributed by atoms with Gasteiger partial charge in [0.1, 0.15) is 0 Å². The lowest BCUT2D eigenvalue weighted by Crippen LogP contribution is -2.52. The molecule has 4 heterocycles. The van der Waals surface area contributed by atoms with Crippen molar-refractivity contribution < 1.29 is 14.3 Å². The molecule has 2 saturated heterocycles. The van der Waals surface area contributed by atoms with Gasteiger partial charge in [0, 0.05) is 81.4 Å². The maximum atomic E-state index is 14.0. The summed E-state index contributed by atoms with van der Waals surface area (Å²) in [6.45, 7) is 13.0. The van der Waals surface area contributed by atoms with Crippen molar-refractivity contribution in [1.82, 2.24) is 24.3 Å². The van der Waals surface area contributed by atoms with Crippen molar-refractivity contribution in [2.75, 3.05) is 37.7 Å². The van der Waals surface area contributed by atoms with Gasteiger partial charge >= 0.3 is 5.69 Å². The molecule has 0 radical (unpaired) electrons. The number of hydrogen-bond acceptors (Lipinski definition) is 6. The van der Waals surface area contributed by atoms with Gasteiger partial charge in [0.05, 0.1) is 17.1 Å². The van der Waals surface area contributed by atoms with Crippen LogP contribution in [-0.2, 0) is 23.1 Å². The Bertz CT molecular complexity index is 1990. The summed E-state index contributed by atoms with van der Waals surface area (Å²) < 4.78 is 9.13. The van der Waals surface area contributed by atoms with Crippen LogP contribution < -0.4 is 21.5 Å². The van der Waals surface area contributed by atoms with Gasteiger partial charge in [-0.1, -0.05) is 13.0 Å². The lowest BCUT2D eigenvalue weighted by atomic mass is 9.95. The number of ether oxygens (including phenoxy) is 1. The summed E-state index contributed by atoms with van der Waals surface area (Å²) in [5, 5.41) is 3.02. The fourth-order valence-electron chi connectivity index (χ4n) is 7.33. The van der Waals surface area contributed by atoms with Crippen LogP contribution in [0.3, 0.4) is 0 Å². The summed E-state index contributed by atoms with van der Waals surface area (Å²) in [6, 6.07) is 12.1. The van der Waals surface area contributed by atoms with E-state index in [1.54, 1.807) is 16.5 Å². The van der Waals surface area contributed by atoms with E-state index in [0.29, 0.717) is 43.9 Å². The molecule has 4 aromatic rings. The van der Waals surface area contributed by atoms with E-state index in [4.69, 9.17) is 4.74 Å². The minimum Gasteiger partial charge on any atom is -0.381 e. The Labute approximate surface area is 280 Å². The highest BCUT2D eigenvalue weighted by molar-refractivity contribution is 5.99. The molecular weight excluding hydrogens is 608 g/mol. The summed E-state index contributed by atoms with van der Waals surface area (Å²) in [6.07, 6.45) is 2.24. The van der Waals surface area contributed by atoms with Crippen LogP contribution in [0.2, 0.25) is 0 Å². The highest BCUT2D eigenvalue weighted by atomic mass is 16.5. The molecule has 0 spiro atoms. The van der Waals surface area contributed by atoms with Crippen LogP contribution in [0, 0.1) is 20.8 Å². The monoisotopic (exact) mass is 654 g/mol. The van der Waals surface area contributed by atoms with Crippen molar-refractivity contribution in [2.45, 2.75) is 72.5 Å². The second-order valence-electron chi connectivity index (χ2n) is 13.1.